The van der Waals surface area contributed by atoms with Crippen molar-refractivity contribution >= 4 is 5.82 Å². The monoisotopic (exact) mass is 210 g/mol. The summed E-state index contributed by atoms with van der Waals surface area (Å²) in [4.78, 5) is 6.07. The van der Waals surface area contributed by atoms with E-state index in [-0.39, 0.29) is 5.82 Å². The Kier molecular flexibility index (Phi) is 4.06. The van der Waals surface area contributed by atoms with Crippen LogP contribution in [0.25, 0.3) is 0 Å². The molecule has 0 atom stereocenters. The van der Waals surface area contributed by atoms with E-state index < -0.39 is 0 Å². The van der Waals surface area contributed by atoms with Crippen molar-refractivity contribution in [1.82, 2.24) is 4.98 Å². The van der Waals surface area contributed by atoms with E-state index >= 15 is 0 Å². The Morgan fingerprint density at radius 3 is 2.60 bits per heavy atom. The molecule has 1 heterocycles. The molecular weight excluding hydrogens is 191 g/mol. The molecule has 0 N–H and O–H groups in total. The normalized spacial score (nSPS) is 10.5. The molecular formula is C12H19FN2. The van der Waals surface area contributed by atoms with Gasteiger partial charge >= 0.3 is 0 Å². The number of aryl methyl sites for hydroxylation is 2. The molecule has 15 heavy (non-hydrogen) atoms. The van der Waals surface area contributed by atoms with Gasteiger partial charge in [-0.1, -0.05) is 13.3 Å². The third-order valence-corrected chi connectivity index (χ3v) is 2.44. The lowest BCUT2D eigenvalue weighted by atomic mass is 10.1. The first-order chi connectivity index (χ1) is 7.06. The van der Waals surface area contributed by atoms with E-state index in [0.29, 0.717) is 5.82 Å². The summed E-state index contributed by atoms with van der Waals surface area (Å²) in [7, 11) is 3.62. The van der Waals surface area contributed by atoms with Crippen molar-refractivity contribution in [3.8, 4) is 0 Å². The van der Waals surface area contributed by atoms with Crippen LogP contribution in [0.1, 0.15) is 31.0 Å². The predicted molar refractivity (Wildman–Crippen MR) is 61.9 cm³/mol. The summed E-state index contributed by atoms with van der Waals surface area (Å²) in [6.07, 6.45) is 3.17. The molecule has 1 aromatic rings. The van der Waals surface area contributed by atoms with Crippen molar-refractivity contribution in [2.45, 2.75) is 33.1 Å². The fraction of sp³-hybridized carbons (Fsp3) is 0.583. The summed E-state index contributed by atoms with van der Waals surface area (Å²) in [5, 5.41) is 0. The highest BCUT2D eigenvalue weighted by molar-refractivity contribution is 5.41. The molecule has 0 aliphatic heterocycles. The first-order valence-electron chi connectivity index (χ1n) is 5.39. The Balaban J connectivity index is 3.00. The molecule has 3 heteroatoms. The number of aromatic nitrogens is 1. The van der Waals surface area contributed by atoms with Gasteiger partial charge in [-0.05, 0) is 31.4 Å². The van der Waals surface area contributed by atoms with Gasteiger partial charge < -0.3 is 4.90 Å². The summed E-state index contributed by atoms with van der Waals surface area (Å²) < 4.78 is 13.5. The van der Waals surface area contributed by atoms with Gasteiger partial charge in [0.05, 0.1) is 0 Å². The predicted octanol–water partition coefficient (Wildman–Crippen LogP) is 2.94. The van der Waals surface area contributed by atoms with Crippen molar-refractivity contribution in [3.63, 3.8) is 0 Å². The molecule has 0 saturated heterocycles. The molecule has 0 aliphatic rings. The fourth-order valence-electron chi connectivity index (χ4n) is 1.52. The molecule has 0 spiro atoms. The van der Waals surface area contributed by atoms with Crippen molar-refractivity contribution in [2.24, 2.45) is 0 Å². The van der Waals surface area contributed by atoms with Gasteiger partial charge in [0.25, 0.3) is 0 Å². The number of pyridine rings is 1. The molecule has 1 rings (SSSR count). The maximum Gasteiger partial charge on any atom is 0.165 e. The summed E-state index contributed by atoms with van der Waals surface area (Å²) in [6.45, 7) is 4.06. The molecule has 0 unspecified atom stereocenters. The zero-order valence-electron chi connectivity index (χ0n) is 9.97. The molecule has 0 bridgehead atoms. The summed E-state index contributed by atoms with van der Waals surface area (Å²) >= 11 is 0. The lowest BCUT2D eigenvalue weighted by molar-refractivity contribution is 0.614. The second kappa shape index (κ2) is 5.10. The van der Waals surface area contributed by atoms with Gasteiger partial charge in [-0.2, -0.15) is 0 Å². The van der Waals surface area contributed by atoms with Crippen LogP contribution in [-0.2, 0) is 6.42 Å². The van der Waals surface area contributed by atoms with Crippen LogP contribution in [-0.4, -0.2) is 19.1 Å². The number of anilines is 1. The smallest absolute Gasteiger partial charge is 0.165 e. The molecule has 0 aromatic carbocycles. The maximum absolute atomic E-state index is 13.5. The third kappa shape index (κ3) is 2.91. The van der Waals surface area contributed by atoms with Crippen molar-refractivity contribution in [3.05, 3.63) is 23.1 Å². The van der Waals surface area contributed by atoms with Crippen LogP contribution < -0.4 is 4.90 Å². The van der Waals surface area contributed by atoms with Gasteiger partial charge in [0.1, 0.15) is 0 Å². The molecule has 84 valence electrons. The topological polar surface area (TPSA) is 16.1 Å². The number of halogens is 1. The quantitative estimate of drug-likeness (QED) is 0.759. The van der Waals surface area contributed by atoms with E-state index in [1.165, 1.54) is 0 Å². The van der Waals surface area contributed by atoms with E-state index in [0.717, 1.165) is 30.5 Å². The van der Waals surface area contributed by atoms with Crippen LogP contribution >= 0.6 is 0 Å². The number of hydrogen-bond acceptors (Lipinski definition) is 2. The Morgan fingerprint density at radius 1 is 1.40 bits per heavy atom. The van der Waals surface area contributed by atoms with E-state index in [1.54, 1.807) is 11.0 Å². The van der Waals surface area contributed by atoms with Crippen LogP contribution in [0, 0.1) is 12.7 Å². The Bertz CT molecular complexity index is 335. The largest absolute Gasteiger partial charge is 0.360 e. The lowest BCUT2D eigenvalue weighted by Crippen LogP contribution is -2.14. The zero-order chi connectivity index (χ0) is 11.4. The Labute approximate surface area is 91.1 Å². The first kappa shape index (κ1) is 12.0. The maximum atomic E-state index is 13.5. The minimum Gasteiger partial charge on any atom is -0.360 e. The molecule has 0 amide bonds. The highest BCUT2D eigenvalue weighted by atomic mass is 19.1. The molecule has 0 fully saturated rings. The van der Waals surface area contributed by atoms with Gasteiger partial charge in [-0.3, -0.25) is 0 Å². The number of rotatable bonds is 4. The Hall–Kier alpha value is -1.12. The average molecular weight is 210 g/mol. The van der Waals surface area contributed by atoms with Crippen LogP contribution in [0.15, 0.2) is 6.07 Å². The summed E-state index contributed by atoms with van der Waals surface area (Å²) in [5.74, 6) is 0.199. The van der Waals surface area contributed by atoms with E-state index in [4.69, 9.17) is 0 Å². The zero-order valence-corrected chi connectivity index (χ0v) is 9.97. The summed E-state index contributed by atoms with van der Waals surface area (Å²) in [6, 6.07) is 1.58. The fourth-order valence-corrected chi connectivity index (χ4v) is 1.52. The lowest BCUT2D eigenvalue weighted by Gasteiger charge is -2.15. The highest BCUT2D eigenvalue weighted by Gasteiger charge is 2.10. The standard InChI is InChI=1S/C12H19FN2/c1-5-6-7-11-9(2)8-10(13)12(14-11)15(3)4/h8H,5-7H2,1-4H3. The second-order valence-electron chi connectivity index (χ2n) is 4.06. The van der Waals surface area contributed by atoms with Gasteiger partial charge in [-0.15, -0.1) is 0 Å². The van der Waals surface area contributed by atoms with Crippen LogP contribution in [0.2, 0.25) is 0 Å². The molecule has 2 nitrogen and oxygen atoms in total. The van der Waals surface area contributed by atoms with Crippen LogP contribution in [0.4, 0.5) is 10.2 Å². The van der Waals surface area contributed by atoms with Crippen molar-refractivity contribution in [1.29, 1.82) is 0 Å². The van der Waals surface area contributed by atoms with Gasteiger partial charge in [-0.25, -0.2) is 9.37 Å². The molecule has 0 radical (unpaired) electrons. The van der Waals surface area contributed by atoms with E-state index in [1.807, 2.05) is 21.0 Å². The van der Waals surface area contributed by atoms with Crippen molar-refractivity contribution in [2.75, 3.05) is 19.0 Å². The number of nitrogens with zero attached hydrogens (tertiary/aromatic N) is 2. The summed E-state index contributed by atoms with van der Waals surface area (Å²) in [5.41, 5.74) is 1.97. The first-order valence-corrected chi connectivity index (χ1v) is 5.39. The second-order valence-corrected chi connectivity index (χ2v) is 4.06. The van der Waals surface area contributed by atoms with E-state index in [9.17, 15) is 4.39 Å². The number of unbranched alkanes of at least 4 members (excludes halogenated alkanes) is 1. The molecule has 0 saturated carbocycles. The minimum atomic E-state index is -0.238. The SMILES string of the molecule is CCCCc1nc(N(C)C)c(F)cc1C. The molecule has 1 aromatic heterocycles. The van der Waals surface area contributed by atoms with E-state index in [2.05, 4.69) is 11.9 Å². The van der Waals surface area contributed by atoms with Gasteiger partial charge in [0, 0.05) is 19.8 Å². The number of hydrogen-bond donors (Lipinski definition) is 0. The van der Waals surface area contributed by atoms with Gasteiger partial charge in [0.2, 0.25) is 0 Å². The third-order valence-electron chi connectivity index (χ3n) is 2.44. The van der Waals surface area contributed by atoms with Crippen molar-refractivity contribution < 1.29 is 4.39 Å². The van der Waals surface area contributed by atoms with Crippen LogP contribution in [0.3, 0.4) is 0 Å². The average Bonchev–Trinajstić information content (AvgIpc) is 2.16. The molecule has 0 aliphatic carbocycles. The minimum absolute atomic E-state index is 0.238. The van der Waals surface area contributed by atoms with Gasteiger partial charge in [0.15, 0.2) is 11.6 Å². The Morgan fingerprint density at radius 2 is 2.07 bits per heavy atom. The highest BCUT2D eigenvalue weighted by Crippen LogP contribution is 2.19. The van der Waals surface area contributed by atoms with Crippen LogP contribution in [0.5, 0.6) is 0 Å².